The number of nitrogens with zero attached hydrogens (tertiary/aromatic N) is 2. The highest BCUT2D eigenvalue weighted by atomic mass is 32.2. The molecule has 2 aliphatic carbocycles. The van der Waals surface area contributed by atoms with E-state index >= 15 is 0 Å². The molecule has 2 bridgehead atoms. The van der Waals surface area contributed by atoms with Gasteiger partial charge in [0.15, 0.2) is 0 Å². The summed E-state index contributed by atoms with van der Waals surface area (Å²) in [6.07, 6.45) is 8.78. The highest BCUT2D eigenvalue weighted by Gasteiger charge is 2.37. The Bertz CT molecular complexity index is 438. The van der Waals surface area contributed by atoms with Crippen molar-refractivity contribution in [2.75, 3.05) is 39.0 Å². The fourth-order valence-corrected chi connectivity index (χ4v) is 4.51. The molecule has 1 saturated heterocycles. The zero-order valence-corrected chi connectivity index (χ0v) is 11.8. The Morgan fingerprint density at radius 2 is 1.83 bits per heavy atom. The van der Waals surface area contributed by atoms with E-state index in [0.29, 0.717) is 13.1 Å². The summed E-state index contributed by atoms with van der Waals surface area (Å²) in [7, 11) is -2.99. The standard InChI is InChI=1S/C13H22N2O2S/c1-18(16,17)15-6-4-14(5-7-15)10-13-9-11-2-3-12(13)8-11/h2-3,11-13H,4-10H2,1H3/t11-,12+,13-/m0/s1. The SMILES string of the molecule is CS(=O)(=O)N1CCN(C[C@@H]2C[C@H]3C=C[C@@H]2C3)CC1. The third kappa shape index (κ3) is 2.49. The number of hydrogen-bond acceptors (Lipinski definition) is 3. The lowest BCUT2D eigenvalue weighted by molar-refractivity contribution is 0.156. The van der Waals surface area contributed by atoms with Crippen LogP contribution < -0.4 is 0 Å². The van der Waals surface area contributed by atoms with Crippen LogP contribution in [-0.2, 0) is 10.0 Å². The van der Waals surface area contributed by atoms with Gasteiger partial charge in [0, 0.05) is 32.7 Å². The van der Waals surface area contributed by atoms with Crippen molar-refractivity contribution in [1.29, 1.82) is 0 Å². The smallest absolute Gasteiger partial charge is 0.211 e. The summed E-state index contributed by atoms with van der Waals surface area (Å²) >= 11 is 0. The van der Waals surface area contributed by atoms with Gasteiger partial charge in [-0.15, -0.1) is 0 Å². The van der Waals surface area contributed by atoms with Crippen molar-refractivity contribution < 1.29 is 8.42 Å². The number of allylic oxidation sites excluding steroid dienone is 2. The average molecular weight is 270 g/mol. The van der Waals surface area contributed by atoms with Crippen LogP contribution in [0.1, 0.15) is 12.8 Å². The molecule has 1 heterocycles. The molecule has 5 heteroatoms. The number of fused-ring (bicyclic) bond motifs is 2. The minimum atomic E-state index is -2.99. The maximum absolute atomic E-state index is 11.4. The van der Waals surface area contributed by atoms with Gasteiger partial charge >= 0.3 is 0 Å². The Morgan fingerprint density at radius 3 is 2.33 bits per heavy atom. The summed E-state index contributed by atoms with van der Waals surface area (Å²) < 4.78 is 24.5. The molecule has 0 unspecified atom stereocenters. The van der Waals surface area contributed by atoms with Gasteiger partial charge in [0.1, 0.15) is 0 Å². The van der Waals surface area contributed by atoms with Crippen molar-refractivity contribution in [2.24, 2.45) is 17.8 Å². The van der Waals surface area contributed by atoms with Crippen molar-refractivity contribution in [1.82, 2.24) is 9.21 Å². The molecular weight excluding hydrogens is 248 g/mol. The summed E-state index contributed by atoms with van der Waals surface area (Å²) in [5.74, 6) is 2.44. The molecule has 0 amide bonds. The van der Waals surface area contributed by atoms with Crippen molar-refractivity contribution in [3.63, 3.8) is 0 Å². The van der Waals surface area contributed by atoms with E-state index in [-0.39, 0.29) is 0 Å². The van der Waals surface area contributed by atoms with Gasteiger partial charge < -0.3 is 4.90 Å². The Labute approximate surface area is 110 Å². The molecular formula is C13H22N2O2S. The average Bonchev–Trinajstić information content (AvgIpc) is 2.90. The molecule has 3 rings (SSSR count). The lowest BCUT2D eigenvalue weighted by Crippen LogP contribution is -2.49. The number of rotatable bonds is 3. The molecule has 0 N–H and O–H groups in total. The van der Waals surface area contributed by atoms with E-state index in [2.05, 4.69) is 17.1 Å². The normalized spacial score (nSPS) is 37.5. The van der Waals surface area contributed by atoms with Crippen molar-refractivity contribution in [2.45, 2.75) is 12.8 Å². The topological polar surface area (TPSA) is 40.6 Å². The van der Waals surface area contributed by atoms with E-state index < -0.39 is 10.0 Å². The first-order valence-electron chi connectivity index (χ1n) is 6.88. The van der Waals surface area contributed by atoms with Gasteiger partial charge in [-0.05, 0) is 30.6 Å². The molecule has 0 aromatic carbocycles. The molecule has 3 aliphatic rings. The Kier molecular flexibility index (Phi) is 3.24. The van der Waals surface area contributed by atoms with Crippen molar-refractivity contribution in [3.8, 4) is 0 Å². The maximum atomic E-state index is 11.4. The fraction of sp³-hybridized carbons (Fsp3) is 0.846. The molecule has 18 heavy (non-hydrogen) atoms. The van der Waals surface area contributed by atoms with Crippen molar-refractivity contribution in [3.05, 3.63) is 12.2 Å². The first kappa shape index (κ1) is 12.6. The Hall–Kier alpha value is -0.390. The predicted molar refractivity (Wildman–Crippen MR) is 71.7 cm³/mol. The van der Waals surface area contributed by atoms with E-state index in [4.69, 9.17) is 0 Å². The minimum Gasteiger partial charge on any atom is -0.300 e. The molecule has 1 aliphatic heterocycles. The molecule has 0 spiro atoms. The van der Waals surface area contributed by atoms with E-state index in [0.717, 1.165) is 37.4 Å². The van der Waals surface area contributed by atoms with Crippen LogP contribution in [0.4, 0.5) is 0 Å². The zero-order valence-electron chi connectivity index (χ0n) is 11.0. The summed E-state index contributed by atoms with van der Waals surface area (Å²) in [6.45, 7) is 4.27. The second kappa shape index (κ2) is 4.62. The fourth-order valence-electron chi connectivity index (χ4n) is 3.68. The van der Waals surface area contributed by atoms with Crippen LogP contribution in [0, 0.1) is 17.8 Å². The van der Waals surface area contributed by atoms with E-state index in [9.17, 15) is 8.42 Å². The summed E-state index contributed by atoms with van der Waals surface area (Å²) in [6, 6.07) is 0. The monoisotopic (exact) mass is 270 g/mol. The van der Waals surface area contributed by atoms with Crippen LogP contribution in [0.3, 0.4) is 0 Å². The molecule has 0 radical (unpaired) electrons. The van der Waals surface area contributed by atoms with Crippen LogP contribution >= 0.6 is 0 Å². The van der Waals surface area contributed by atoms with E-state index in [1.807, 2.05) is 0 Å². The summed E-state index contributed by atoms with van der Waals surface area (Å²) in [5.41, 5.74) is 0. The third-order valence-electron chi connectivity index (χ3n) is 4.71. The summed E-state index contributed by atoms with van der Waals surface area (Å²) in [4.78, 5) is 2.45. The lowest BCUT2D eigenvalue weighted by atomic mass is 9.93. The maximum Gasteiger partial charge on any atom is 0.211 e. The van der Waals surface area contributed by atoms with Crippen LogP contribution in [0.15, 0.2) is 12.2 Å². The molecule has 4 nitrogen and oxygen atoms in total. The van der Waals surface area contributed by atoms with Crippen LogP contribution in [0.25, 0.3) is 0 Å². The molecule has 0 aromatic rings. The quantitative estimate of drug-likeness (QED) is 0.712. The largest absolute Gasteiger partial charge is 0.300 e. The number of hydrogen-bond donors (Lipinski definition) is 0. The van der Waals surface area contributed by atoms with Crippen LogP contribution in [0.5, 0.6) is 0 Å². The molecule has 3 atom stereocenters. The third-order valence-corrected chi connectivity index (χ3v) is 6.01. The van der Waals surface area contributed by atoms with Gasteiger partial charge in [0.2, 0.25) is 10.0 Å². The highest BCUT2D eigenvalue weighted by molar-refractivity contribution is 7.88. The minimum absolute atomic E-state index is 0.662. The lowest BCUT2D eigenvalue weighted by Gasteiger charge is -2.35. The van der Waals surface area contributed by atoms with Crippen molar-refractivity contribution >= 4 is 10.0 Å². The van der Waals surface area contributed by atoms with Gasteiger partial charge in [-0.3, -0.25) is 0 Å². The zero-order chi connectivity index (χ0) is 12.8. The highest BCUT2D eigenvalue weighted by Crippen LogP contribution is 2.43. The van der Waals surface area contributed by atoms with Crippen LogP contribution in [0.2, 0.25) is 0 Å². The van der Waals surface area contributed by atoms with Gasteiger partial charge in [0.05, 0.1) is 6.26 Å². The Morgan fingerprint density at radius 1 is 1.11 bits per heavy atom. The second-order valence-corrected chi connectivity index (χ2v) is 7.99. The Balaban J connectivity index is 1.50. The van der Waals surface area contributed by atoms with E-state index in [1.54, 1.807) is 4.31 Å². The molecule has 0 aromatic heterocycles. The van der Waals surface area contributed by atoms with Crippen LogP contribution in [-0.4, -0.2) is 56.6 Å². The predicted octanol–water partition coefficient (Wildman–Crippen LogP) is 0.776. The molecule has 102 valence electrons. The number of sulfonamides is 1. The molecule has 2 fully saturated rings. The number of piperazine rings is 1. The first-order valence-corrected chi connectivity index (χ1v) is 8.73. The van der Waals surface area contributed by atoms with Gasteiger partial charge in [-0.2, -0.15) is 4.31 Å². The van der Waals surface area contributed by atoms with Gasteiger partial charge in [0.25, 0.3) is 0 Å². The molecule has 1 saturated carbocycles. The second-order valence-electron chi connectivity index (χ2n) is 6.00. The van der Waals surface area contributed by atoms with E-state index in [1.165, 1.54) is 19.1 Å². The summed E-state index contributed by atoms with van der Waals surface area (Å²) in [5, 5.41) is 0. The van der Waals surface area contributed by atoms with Gasteiger partial charge in [-0.25, -0.2) is 8.42 Å². The van der Waals surface area contributed by atoms with Gasteiger partial charge in [-0.1, -0.05) is 12.2 Å². The first-order chi connectivity index (χ1) is 8.52.